The third-order valence-electron chi connectivity index (χ3n) is 2.44. The van der Waals surface area contributed by atoms with Gasteiger partial charge in [-0.2, -0.15) is 0 Å². The summed E-state index contributed by atoms with van der Waals surface area (Å²) in [4.78, 5) is 0. The number of nitrogens with two attached hydrogens (primary N) is 1. The van der Waals surface area contributed by atoms with Crippen molar-refractivity contribution in [2.75, 3.05) is 22.8 Å². The fourth-order valence-electron chi connectivity index (χ4n) is 1.38. The Morgan fingerprint density at radius 3 is 2.67 bits per heavy atom. The summed E-state index contributed by atoms with van der Waals surface area (Å²) in [6.45, 7) is 5.68. The van der Waals surface area contributed by atoms with Crippen LogP contribution < -0.4 is 10.5 Å². The van der Waals surface area contributed by atoms with E-state index in [1.807, 2.05) is 13.8 Å². The molecule has 0 spiro atoms. The lowest BCUT2D eigenvalue weighted by atomic mass is 10.2. The fourth-order valence-corrected chi connectivity index (χ4v) is 2.35. The number of anilines is 2. The van der Waals surface area contributed by atoms with E-state index in [-0.39, 0.29) is 18.5 Å². The molecule has 18 heavy (non-hydrogen) atoms. The van der Waals surface area contributed by atoms with Gasteiger partial charge in [0, 0.05) is 5.69 Å². The number of nitrogens with one attached hydrogen (secondary N) is 1. The zero-order chi connectivity index (χ0) is 13.8. The molecular weight excluding hydrogens is 252 g/mol. The predicted molar refractivity (Wildman–Crippen MR) is 74.1 cm³/mol. The third kappa shape index (κ3) is 4.54. The number of hydrogen-bond donors (Lipinski definition) is 2. The van der Waals surface area contributed by atoms with E-state index >= 15 is 0 Å². The van der Waals surface area contributed by atoms with Gasteiger partial charge in [0.15, 0.2) is 0 Å². The second-order valence-electron chi connectivity index (χ2n) is 4.36. The van der Waals surface area contributed by atoms with E-state index in [0.29, 0.717) is 11.4 Å². The molecule has 3 N–H and O–H groups in total. The Hall–Kier alpha value is -1.27. The molecule has 0 heterocycles. The lowest BCUT2D eigenvalue weighted by Crippen LogP contribution is -2.22. The van der Waals surface area contributed by atoms with Gasteiger partial charge in [-0.05, 0) is 38.5 Å². The monoisotopic (exact) mass is 272 g/mol. The summed E-state index contributed by atoms with van der Waals surface area (Å²) >= 11 is 0. The zero-order valence-corrected chi connectivity index (χ0v) is 11.8. The first-order valence-corrected chi connectivity index (χ1v) is 7.44. The summed E-state index contributed by atoms with van der Waals surface area (Å²) in [5.41, 5.74) is 7.52. The van der Waals surface area contributed by atoms with Crippen LogP contribution in [0.3, 0.4) is 0 Å². The quantitative estimate of drug-likeness (QED) is 0.773. The van der Waals surface area contributed by atoms with Gasteiger partial charge in [0.2, 0.25) is 10.0 Å². The molecule has 0 saturated heterocycles. The number of nitrogen functional groups attached to an aromatic ring is 1. The minimum Gasteiger partial charge on any atom is -0.398 e. The topological polar surface area (TPSA) is 81.4 Å². The maximum absolute atomic E-state index is 11.8. The first-order valence-electron chi connectivity index (χ1n) is 5.79. The summed E-state index contributed by atoms with van der Waals surface area (Å²) < 4.78 is 31.4. The molecule has 0 unspecified atom stereocenters. The highest BCUT2D eigenvalue weighted by Gasteiger charge is 2.12. The lowest BCUT2D eigenvalue weighted by Gasteiger charge is -2.12. The maximum Gasteiger partial charge on any atom is 0.235 e. The van der Waals surface area contributed by atoms with E-state index in [1.165, 1.54) is 0 Å². The Kier molecular flexibility index (Phi) is 4.98. The first-order chi connectivity index (χ1) is 8.32. The SMILES string of the molecule is Cc1c(N)cccc1NS(=O)(=O)CCOC(C)C. The molecule has 0 aliphatic carbocycles. The number of hydrogen-bond acceptors (Lipinski definition) is 4. The van der Waals surface area contributed by atoms with Crippen LogP contribution in [-0.4, -0.2) is 26.9 Å². The Morgan fingerprint density at radius 2 is 2.06 bits per heavy atom. The summed E-state index contributed by atoms with van der Waals surface area (Å²) in [5.74, 6) is -0.0700. The van der Waals surface area contributed by atoms with Crippen molar-refractivity contribution in [2.24, 2.45) is 0 Å². The highest BCUT2D eigenvalue weighted by molar-refractivity contribution is 7.92. The molecule has 0 aromatic heterocycles. The summed E-state index contributed by atoms with van der Waals surface area (Å²) in [7, 11) is -3.40. The van der Waals surface area contributed by atoms with Crippen LogP contribution in [-0.2, 0) is 14.8 Å². The minimum atomic E-state index is -3.40. The summed E-state index contributed by atoms with van der Waals surface area (Å²) in [6, 6.07) is 5.13. The van der Waals surface area contributed by atoms with Crippen molar-refractivity contribution in [1.82, 2.24) is 0 Å². The Morgan fingerprint density at radius 1 is 1.39 bits per heavy atom. The molecule has 1 rings (SSSR count). The molecule has 0 fully saturated rings. The molecule has 0 radical (unpaired) electrons. The van der Waals surface area contributed by atoms with Crippen molar-refractivity contribution in [1.29, 1.82) is 0 Å². The fraction of sp³-hybridized carbons (Fsp3) is 0.500. The molecule has 0 atom stereocenters. The van der Waals surface area contributed by atoms with Gasteiger partial charge in [0.1, 0.15) is 0 Å². The van der Waals surface area contributed by atoms with Gasteiger partial charge in [-0.1, -0.05) is 6.07 Å². The molecule has 0 saturated carbocycles. The number of sulfonamides is 1. The van der Waals surface area contributed by atoms with E-state index in [9.17, 15) is 8.42 Å². The standard InChI is InChI=1S/C12H20N2O3S/c1-9(2)17-7-8-18(15,16)14-12-6-4-5-11(13)10(12)3/h4-6,9,14H,7-8,13H2,1-3H3. The van der Waals surface area contributed by atoms with Gasteiger partial charge in [0.25, 0.3) is 0 Å². The van der Waals surface area contributed by atoms with Gasteiger partial charge in [-0.15, -0.1) is 0 Å². The van der Waals surface area contributed by atoms with E-state index < -0.39 is 10.0 Å². The number of rotatable bonds is 6. The van der Waals surface area contributed by atoms with Gasteiger partial charge in [-0.3, -0.25) is 4.72 Å². The van der Waals surface area contributed by atoms with Crippen LogP contribution in [0.1, 0.15) is 19.4 Å². The van der Waals surface area contributed by atoms with Crippen LogP contribution in [0.4, 0.5) is 11.4 Å². The molecular formula is C12H20N2O3S. The molecule has 102 valence electrons. The molecule has 1 aromatic carbocycles. The van der Waals surface area contributed by atoms with Gasteiger partial charge < -0.3 is 10.5 Å². The average molecular weight is 272 g/mol. The molecule has 1 aromatic rings. The average Bonchev–Trinajstić information content (AvgIpc) is 2.23. The van der Waals surface area contributed by atoms with Crippen LogP contribution >= 0.6 is 0 Å². The van der Waals surface area contributed by atoms with Gasteiger partial charge >= 0.3 is 0 Å². The van der Waals surface area contributed by atoms with E-state index in [4.69, 9.17) is 10.5 Å². The Labute approximate surface area is 108 Å². The van der Waals surface area contributed by atoms with Crippen LogP contribution in [0.25, 0.3) is 0 Å². The summed E-state index contributed by atoms with van der Waals surface area (Å²) in [6.07, 6.45) is 0.0225. The minimum absolute atomic E-state index is 0.0225. The zero-order valence-electron chi connectivity index (χ0n) is 10.9. The van der Waals surface area contributed by atoms with Crippen LogP contribution in [0, 0.1) is 6.92 Å². The van der Waals surface area contributed by atoms with E-state index in [2.05, 4.69) is 4.72 Å². The smallest absolute Gasteiger partial charge is 0.235 e. The van der Waals surface area contributed by atoms with Crippen molar-refractivity contribution >= 4 is 21.4 Å². The highest BCUT2D eigenvalue weighted by atomic mass is 32.2. The second-order valence-corrected chi connectivity index (χ2v) is 6.20. The van der Waals surface area contributed by atoms with Crippen molar-refractivity contribution in [2.45, 2.75) is 26.9 Å². The van der Waals surface area contributed by atoms with Crippen LogP contribution in [0.5, 0.6) is 0 Å². The van der Waals surface area contributed by atoms with Crippen LogP contribution in [0.15, 0.2) is 18.2 Å². The van der Waals surface area contributed by atoms with Crippen LogP contribution in [0.2, 0.25) is 0 Å². The van der Waals surface area contributed by atoms with Crippen molar-refractivity contribution in [3.8, 4) is 0 Å². The molecule has 0 amide bonds. The van der Waals surface area contributed by atoms with E-state index in [1.54, 1.807) is 25.1 Å². The molecule has 0 bridgehead atoms. The normalized spacial score (nSPS) is 11.8. The first kappa shape index (κ1) is 14.8. The molecule has 0 aliphatic rings. The number of ether oxygens (including phenoxy) is 1. The maximum atomic E-state index is 11.8. The van der Waals surface area contributed by atoms with Crippen molar-refractivity contribution in [3.05, 3.63) is 23.8 Å². The molecule has 0 aliphatic heterocycles. The largest absolute Gasteiger partial charge is 0.398 e. The molecule has 5 nitrogen and oxygen atoms in total. The number of benzene rings is 1. The van der Waals surface area contributed by atoms with Crippen molar-refractivity contribution in [3.63, 3.8) is 0 Å². The van der Waals surface area contributed by atoms with Gasteiger partial charge in [0.05, 0.1) is 24.2 Å². The lowest BCUT2D eigenvalue weighted by molar-refractivity contribution is 0.0913. The Bertz CT molecular complexity index is 498. The molecule has 6 heteroatoms. The second kappa shape index (κ2) is 6.06. The highest BCUT2D eigenvalue weighted by Crippen LogP contribution is 2.21. The third-order valence-corrected chi connectivity index (χ3v) is 3.68. The van der Waals surface area contributed by atoms with Gasteiger partial charge in [-0.25, -0.2) is 8.42 Å². The van der Waals surface area contributed by atoms with E-state index in [0.717, 1.165) is 5.56 Å². The predicted octanol–water partition coefficient (Wildman–Crippen LogP) is 1.74. The summed E-state index contributed by atoms with van der Waals surface area (Å²) in [5, 5.41) is 0. The van der Waals surface area contributed by atoms with Crippen molar-refractivity contribution < 1.29 is 13.2 Å². The Balaban J connectivity index is 2.68.